The van der Waals surface area contributed by atoms with Crippen LogP contribution >= 0.6 is 40.7 Å². The molecule has 0 radical (unpaired) electrons. The molecule has 6 heteroatoms. The topological polar surface area (TPSA) is 15.3 Å². The maximum atomic E-state index is 13.6. The summed E-state index contributed by atoms with van der Waals surface area (Å²) in [5, 5.41) is 3.43. The zero-order valence-electron chi connectivity index (χ0n) is 13.3. The molecule has 2 aliphatic rings. The number of benzene rings is 1. The molecule has 0 bridgehead atoms. The van der Waals surface area contributed by atoms with Crippen LogP contribution in [0.4, 0.5) is 4.39 Å². The summed E-state index contributed by atoms with van der Waals surface area (Å²) >= 11 is 3.36. The minimum Gasteiger partial charge on any atom is -0.314 e. The van der Waals surface area contributed by atoms with Crippen molar-refractivity contribution in [2.75, 3.05) is 26.2 Å². The molecule has 1 aromatic carbocycles. The smallest absolute Gasteiger partial charge is 0.137 e. The first-order valence-corrected chi connectivity index (χ1v) is 8.95. The van der Waals surface area contributed by atoms with E-state index in [1.807, 2.05) is 12.1 Å². The molecule has 1 atom stereocenters. The number of nitrogens with one attached hydrogen (secondary N) is 1. The number of halogens is 4. The fourth-order valence-corrected chi connectivity index (χ4v) is 4.28. The van der Waals surface area contributed by atoms with Crippen LogP contribution in [-0.4, -0.2) is 31.1 Å². The first-order chi connectivity index (χ1) is 10.3. The van der Waals surface area contributed by atoms with Crippen LogP contribution in [0.5, 0.6) is 0 Å². The van der Waals surface area contributed by atoms with Crippen molar-refractivity contribution < 1.29 is 4.39 Å². The summed E-state index contributed by atoms with van der Waals surface area (Å²) in [4.78, 5) is 2.60. The summed E-state index contributed by atoms with van der Waals surface area (Å²) in [7, 11) is 0. The van der Waals surface area contributed by atoms with Crippen molar-refractivity contribution >= 4 is 40.7 Å². The highest BCUT2D eigenvalue weighted by Crippen LogP contribution is 2.39. The third-order valence-electron chi connectivity index (χ3n) is 4.93. The molecular formula is C17H26BrCl2FN2. The average Bonchev–Trinajstić information content (AvgIpc) is 2.53. The minimum atomic E-state index is -0.165. The maximum Gasteiger partial charge on any atom is 0.137 e. The van der Waals surface area contributed by atoms with Crippen molar-refractivity contribution in [1.82, 2.24) is 10.2 Å². The molecule has 1 aromatic rings. The van der Waals surface area contributed by atoms with Crippen molar-refractivity contribution in [3.05, 3.63) is 34.1 Å². The molecule has 1 saturated carbocycles. The second-order valence-corrected chi connectivity index (χ2v) is 7.16. The monoisotopic (exact) mass is 426 g/mol. The lowest BCUT2D eigenvalue weighted by Crippen LogP contribution is -2.47. The van der Waals surface area contributed by atoms with Gasteiger partial charge in [0.15, 0.2) is 0 Å². The first-order valence-electron chi connectivity index (χ1n) is 8.15. The fraction of sp³-hybridized carbons (Fsp3) is 0.647. The summed E-state index contributed by atoms with van der Waals surface area (Å²) in [6.45, 7) is 4.31. The number of rotatable bonds is 3. The Morgan fingerprint density at radius 2 is 1.74 bits per heavy atom. The van der Waals surface area contributed by atoms with E-state index >= 15 is 0 Å². The Morgan fingerprint density at radius 3 is 2.35 bits per heavy atom. The van der Waals surface area contributed by atoms with Gasteiger partial charge in [-0.2, -0.15) is 0 Å². The van der Waals surface area contributed by atoms with Crippen molar-refractivity contribution in [2.45, 2.75) is 38.1 Å². The van der Waals surface area contributed by atoms with Gasteiger partial charge in [-0.05, 0) is 52.4 Å². The van der Waals surface area contributed by atoms with E-state index in [1.165, 1.54) is 37.7 Å². The molecule has 0 unspecified atom stereocenters. The Balaban J connectivity index is 0.00000132. The van der Waals surface area contributed by atoms with Gasteiger partial charge in [-0.15, -0.1) is 24.8 Å². The summed E-state index contributed by atoms with van der Waals surface area (Å²) in [5.74, 6) is 0.552. The van der Waals surface area contributed by atoms with E-state index in [9.17, 15) is 4.39 Å². The van der Waals surface area contributed by atoms with Crippen molar-refractivity contribution in [3.8, 4) is 0 Å². The zero-order chi connectivity index (χ0) is 14.7. The minimum absolute atomic E-state index is 0. The molecule has 23 heavy (non-hydrogen) atoms. The molecule has 1 heterocycles. The fourth-order valence-electron chi connectivity index (χ4n) is 3.89. The summed E-state index contributed by atoms with van der Waals surface area (Å²) in [5.41, 5.74) is 1.28. The summed E-state index contributed by atoms with van der Waals surface area (Å²) in [6.07, 6.45) is 6.68. The highest BCUT2D eigenvalue weighted by atomic mass is 79.9. The molecule has 2 nitrogen and oxygen atoms in total. The van der Waals surface area contributed by atoms with E-state index in [2.05, 4.69) is 26.1 Å². The predicted molar refractivity (Wildman–Crippen MR) is 102 cm³/mol. The van der Waals surface area contributed by atoms with Crippen LogP contribution in [0.2, 0.25) is 0 Å². The maximum absolute atomic E-state index is 13.6. The van der Waals surface area contributed by atoms with Gasteiger partial charge < -0.3 is 5.32 Å². The van der Waals surface area contributed by atoms with E-state index in [4.69, 9.17) is 0 Å². The van der Waals surface area contributed by atoms with Crippen LogP contribution in [-0.2, 0) is 0 Å². The van der Waals surface area contributed by atoms with Gasteiger partial charge in [-0.3, -0.25) is 4.90 Å². The Bertz CT molecular complexity index is 460. The van der Waals surface area contributed by atoms with Crippen LogP contribution in [0.25, 0.3) is 0 Å². The number of piperazine rings is 1. The number of hydrogen-bond acceptors (Lipinski definition) is 2. The van der Waals surface area contributed by atoms with Gasteiger partial charge in [0.1, 0.15) is 5.82 Å². The quantitative estimate of drug-likeness (QED) is 0.733. The van der Waals surface area contributed by atoms with E-state index in [1.54, 1.807) is 6.07 Å². The highest BCUT2D eigenvalue weighted by Gasteiger charge is 2.31. The molecule has 132 valence electrons. The van der Waals surface area contributed by atoms with Crippen LogP contribution in [0, 0.1) is 11.7 Å². The third kappa shape index (κ3) is 5.30. The van der Waals surface area contributed by atoms with Crippen LogP contribution < -0.4 is 5.32 Å². The zero-order valence-corrected chi connectivity index (χ0v) is 16.5. The van der Waals surface area contributed by atoms with Crippen LogP contribution in [0.1, 0.15) is 43.7 Å². The van der Waals surface area contributed by atoms with Gasteiger partial charge >= 0.3 is 0 Å². The van der Waals surface area contributed by atoms with Crippen molar-refractivity contribution in [1.29, 1.82) is 0 Å². The standard InChI is InChI=1S/C17H24BrFN2.2ClH/c18-15-12-14(6-7-16(15)19)17(13-4-2-1-3-5-13)21-10-8-20-9-11-21;;/h6-7,12-13,17,20H,1-5,8-11H2;2*1H/t17-;;/m1../s1. The lowest BCUT2D eigenvalue weighted by atomic mass is 9.80. The first kappa shape index (κ1) is 21.2. The summed E-state index contributed by atoms with van der Waals surface area (Å²) < 4.78 is 14.2. The predicted octanol–water partition coefficient (Wildman–Crippen LogP) is 4.96. The highest BCUT2D eigenvalue weighted by molar-refractivity contribution is 9.10. The van der Waals surface area contributed by atoms with Gasteiger partial charge in [0, 0.05) is 32.2 Å². The molecule has 0 amide bonds. The van der Waals surface area contributed by atoms with Gasteiger partial charge in [0.25, 0.3) is 0 Å². The lowest BCUT2D eigenvalue weighted by Gasteiger charge is -2.41. The lowest BCUT2D eigenvalue weighted by molar-refractivity contribution is 0.103. The Kier molecular flexibility index (Phi) is 9.39. The van der Waals surface area contributed by atoms with Gasteiger partial charge in [0.05, 0.1) is 4.47 Å². The van der Waals surface area contributed by atoms with E-state index in [0.29, 0.717) is 16.4 Å². The molecule has 1 aliphatic heterocycles. The molecule has 1 N–H and O–H groups in total. The normalized spacial score (nSPS) is 21.1. The van der Waals surface area contributed by atoms with Crippen LogP contribution in [0.3, 0.4) is 0 Å². The van der Waals surface area contributed by atoms with E-state index in [0.717, 1.165) is 26.2 Å². The Labute approximate surface area is 159 Å². The Hall–Kier alpha value is 0.130. The third-order valence-corrected chi connectivity index (χ3v) is 5.53. The Morgan fingerprint density at radius 1 is 1.09 bits per heavy atom. The molecule has 1 aliphatic carbocycles. The van der Waals surface area contributed by atoms with Gasteiger partial charge in [-0.25, -0.2) is 4.39 Å². The second kappa shape index (κ2) is 10.2. The molecule has 3 rings (SSSR count). The van der Waals surface area contributed by atoms with E-state index in [-0.39, 0.29) is 30.6 Å². The number of hydrogen-bond donors (Lipinski definition) is 1. The van der Waals surface area contributed by atoms with Crippen molar-refractivity contribution in [3.63, 3.8) is 0 Å². The summed E-state index contributed by atoms with van der Waals surface area (Å²) in [6, 6.07) is 6.04. The van der Waals surface area contributed by atoms with Gasteiger partial charge in [0.2, 0.25) is 0 Å². The van der Waals surface area contributed by atoms with Crippen LogP contribution in [0.15, 0.2) is 22.7 Å². The molecule has 2 fully saturated rings. The SMILES string of the molecule is Cl.Cl.Fc1ccc([C@@H](C2CCCCC2)N2CCNCC2)cc1Br. The van der Waals surface area contributed by atoms with Gasteiger partial charge in [-0.1, -0.05) is 25.3 Å². The molecular weight excluding hydrogens is 402 g/mol. The number of nitrogens with zero attached hydrogens (tertiary/aromatic N) is 1. The molecule has 0 spiro atoms. The average molecular weight is 428 g/mol. The van der Waals surface area contributed by atoms with Crippen molar-refractivity contribution in [2.24, 2.45) is 5.92 Å². The molecule has 1 saturated heterocycles. The molecule has 0 aromatic heterocycles. The largest absolute Gasteiger partial charge is 0.314 e. The second-order valence-electron chi connectivity index (χ2n) is 6.30. The van der Waals surface area contributed by atoms with E-state index < -0.39 is 0 Å².